The van der Waals surface area contributed by atoms with Crippen LogP contribution in [0.4, 0.5) is 17.3 Å². The summed E-state index contributed by atoms with van der Waals surface area (Å²) in [6.45, 7) is 7.53. The van der Waals surface area contributed by atoms with Crippen LogP contribution in [-0.2, 0) is 21.7 Å². The molecule has 6 rings (SSSR count). The number of rotatable bonds is 5. The molecule has 2 saturated heterocycles. The molecule has 1 aromatic heterocycles. The van der Waals surface area contributed by atoms with Crippen LogP contribution in [0.5, 0.6) is 0 Å². The van der Waals surface area contributed by atoms with E-state index in [-0.39, 0.29) is 5.60 Å². The Hall–Kier alpha value is -3.33. The number of hydrogen-bond acceptors (Lipinski definition) is 8. The summed E-state index contributed by atoms with van der Waals surface area (Å²) < 4.78 is 11.8. The molecule has 0 unspecified atom stereocenters. The van der Waals surface area contributed by atoms with Crippen molar-refractivity contribution in [1.82, 2.24) is 14.9 Å². The van der Waals surface area contributed by atoms with Crippen LogP contribution in [0.1, 0.15) is 22.5 Å². The lowest BCUT2D eigenvalue weighted by molar-refractivity contribution is -0.132. The minimum Gasteiger partial charge on any atom is -0.378 e. The summed E-state index contributed by atoms with van der Waals surface area (Å²) in [6, 6.07) is 14.9. The van der Waals surface area contributed by atoms with Crippen LogP contribution in [0.2, 0.25) is 0 Å². The van der Waals surface area contributed by atoms with Crippen LogP contribution < -0.4 is 9.80 Å². The van der Waals surface area contributed by atoms with E-state index in [1.165, 1.54) is 17.3 Å². The number of aromatic nitrogens is 2. The summed E-state index contributed by atoms with van der Waals surface area (Å²) in [6.07, 6.45) is 1.39. The molecule has 3 aromatic rings. The third-order valence-electron chi connectivity index (χ3n) is 7.50. The number of hydrogen-bond donors (Lipinski definition) is 1. The van der Waals surface area contributed by atoms with Gasteiger partial charge in [-0.2, -0.15) is 0 Å². The third-order valence-corrected chi connectivity index (χ3v) is 7.50. The first-order valence-electron chi connectivity index (χ1n) is 12.5. The normalized spacial score (nSPS) is 18.7. The van der Waals surface area contributed by atoms with Crippen molar-refractivity contribution in [2.45, 2.75) is 19.1 Å². The Labute approximate surface area is 212 Å². The SMILES string of the molecule is Cc1nc(N2CCOCC2)cc(N(C)c2cc(C=N)ccc2-c2ccc3c(c2)COC32CN(C)C2)n1. The van der Waals surface area contributed by atoms with Crippen LogP contribution in [-0.4, -0.2) is 74.6 Å². The van der Waals surface area contributed by atoms with Crippen molar-refractivity contribution in [3.05, 3.63) is 65.0 Å². The molecule has 8 nitrogen and oxygen atoms in total. The van der Waals surface area contributed by atoms with Gasteiger partial charge in [0.25, 0.3) is 0 Å². The lowest BCUT2D eigenvalue weighted by atomic mass is 9.84. The fourth-order valence-corrected chi connectivity index (χ4v) is 5.65. The van der Waals surface area contributed by atoms with Gasteiger partial charge in [0.15, 0.2) is 0 Å². The van der Waals surface area contributed by atoms with Crippen LogP contribution >= 0.6 is 0 Å². The second-order valence-corrected chi connectivity index (χ2v) is 10.0. The summed E-state index contributed by atoms with van der Waals surface area (Å²) in [5.41, 5.74) is 6.52. The van der Waals surface area contributed by atoms with E-state index in [4.69, 9.17) is 24.9 Å². The maximum Gasteiger partial charge on any atom is 0.138 e. The molecule has 186 valence electrons. The largest absolute Gasteiger partial charge is 0.378 e. The molecule has 2 aromatic carbocycles. The molecule has 0 saturated carbocycles. The topological polar surface area (TPSA) is 77.8 Å². The van der Waals surface area contributed by atoms with Crippen LogP contribution in [0.3, 0.4) is 0 Å². The molecule has 0 amide bonds. The Morgan fingerprint density at radius 1 is 1.06 bits per heavy atom. The number of benzene rings is 2. The first-order chi connectivity index (χ1) is 17.5. The number of morpholine rings is 1. The molecular weight excluding hydrogens is 452 g/mol. The van der Waals surface area contributed by atoms with E-state index in [1.807, 2.05) is 26.1 Å². The van der Waals surface area contributed by atoms with E-state index in [0.29, 0.717) is 19.8 Å². The van der Waals surface area contributed by atoms with Crippen molar-refractivity contribution in [1.29, 1.82) is 5.41 Å². The number of anilines is 3. The molecule has 2 fully saturated rings. The van der Waals surface area contributed by atoms with E-state index in [9.17, 15) is 0 Å². The van der Waals surface area contributed by atoms with Crippen LogP contribution in [0.15, 0.2) is 42.5 Å². The van der Waals surface area contributed by atoms with E-state index in [1.54, 1.807) is 0 Å². The highest BCUT2D eigenvalue weighted by Crippen LogP contribution is 2.45. The Morgan fingerprint density at radius 2 is 1.86 bits per heavy atom. The fourth-order valence-electron chi connectivity index (χ4n) is 5.65. The Morgan fingerprint density at radius 3 is 2.61 bits per heavy atom. The monoisotopic (exact) mass is 484 g/mol. The lowest BCUT2D eigenvalue weighted by Gasteiger charge is -2.45. The highest BCUT2D eigenvalue weighted by Gasteiger charge is 2.48. The second-order valence-electron chi connectivity index (χ2n) is 10.0. The van der Waals surface area contributed by atoms with Crippen LogP contribution in [0.25, 0.3) is 11.1 Å². The second kappa shape index (κ2) is 8.96. The van der Waals surface area contributed by atoms with Gasteiger partial charge in [-0.3, -0.25) is 4.90 Å². The average molecular weight is 485 g/mol. The Kier molecular flexibility index (Phi) is 5.75. The standard InChI is InChI=1S/C28H32N6O2/c1-19-30-26(14-27(31-19)34-8-10-35-11-9-34)33(3)25-12-20(15-29)4-6-23(25)21-5-7-24-22(13-21)16-36-28(24)17-32(2)18-28/h4-7,12-15,29H,8-11,16-18H2,1-3H3. The highest BCUT2D eigenvalue weighted by molar-refractivity contribution is 5.88. The maximum absolute atomic E-state index is 7.84. The fraction of sp³-hybridized carbons (Fsp3) is 0.393. The zero-order valence-corrected chi connectivity index (χ0v) is 21.1. The number of ether oxygens (including phenoxy) is 2. The molecular formula is C28H32N6O2. The first-order valence-corrected chi connectivity index (χ1v) is 12.5. The zero-order valence-electron chi connectivity index (χ0n) is 21.1. The van der Waals surface area contributed by atoms with Gasteiger partial charge in [0.2, 0.25) is 0 Å². The van der Waals surface area contributed by atoms with Crippen LogP contribution in [0, 0.1) is 12.3 Å². The van der Waals surface area contributed by atoms with Gasteiger partial charge in [0.05, 0.1) is 25.5 Å². The number of likely N-dealkylation sites (tertiary alicyclic amines) is 1. The van der Waals surface area contributed by atoms with E-state index < -0.39 is 0 Å². The molecule has 1 spiro atoms. The highest BCUT2D eigenvalue weighted by atomic mass is 16.5. The number of fused-ring (bicyclic) bond motifs is 2. The minimum atomic E-state index is -0.138. The number of nitrogens with one attached hydrogen (secondary N) is 1. The summed E-state index contributed by atoms with van der Waals surface area (Å²) >= 11 is 0. The molecule has 0 atom stereocenters. The molecule has 0 bridgehead atoms. The molecule has 4 heterocycles. The van der Waals surface area contributed by atoms with Gasteiger partial charge in [0.1, 0.15) is 23.1 Å². The summed E-state index contributed by atoms with van der Waals surface area (Å²) in [7, 11) is 4.17. The van der Waals surface area contributed by atoms with Crippen molar-refractivity contribution < 1.29 is 9.47 Å². The summed E-state index contributed by atoms with van der Waals surface area (Å²) in [5.74, 6) is 2.48. The number of likely N-dealkylation sites (N-methyl/N-ethyl adjacent to an activating group) is 1. The molecule has 0 aliphatic carbocycles. The predicted octanol–water partition coefficient (Wildman–Crippen LogP) is 3.73. The molecule has 1 N–H and O–H groups in total. The minimum absolute atomic E-state index is 0.138. The molecule has 36 heavy (non-hydrogen) atoms. The van der Waals surface area contributed by atoms with E-state index in [2.05, 4.69) is 52.1 Å². The van der Waals surface area contributed by atoms with Gasteiger partial charge < -0.3 is 24.7 Å². The quantitative estimate of drug-likeness (QED) is 0.553. The van der Waals surface area contributed by atoms with Gasteiger partial charge in [-0.05, 0) is 48.4 Å². The van der Waals surface area contributed by atoms with Gasteiger partial charge >= 0.3 is 0 Å². The van der Waals surface area contributed by atoms with Gasteiger partial charge in [-0.15, -0.1) is 0 Å². The number of nitrogens with zero attached hydrogens (tertiary/aromatic N) is 5. The zero-order chi connectivity index (χ0) is 24.9. The molecule has 3 aliphatic heterocycles. The summed E-state index contributed by atoms with van der Waals surface area (Å²) in [5, 5.41) is 7.84. The average Bonchev–Trinajstić information content (AvgIpc) is 3.26. The Balaban J connectivity index is 1.38. The maximum atomic E-state index is 7.84. The third kappa shape index (κ3) is 3.95. The molecule has 3 aliphatic rings. The van der Waals surface area contributed by atoms with Crippen molar-refractivity contribution in [2.24, 2.45) is 0 Å². The lowest BCUT2D eigenvalue weighted by Crippen LogP contribution is -2.57. The van der Waals surface area contributed by atoms with Crippen molar-refractivity contribution >= 4 is 23.5 Å². The van der Waals surface area contributed by atoms with Gasteiger partial charge in [0, 0.05) is 51.1 Å². The van der Waals surface area contributed by atoms with Gasteiger partial charge in [-0.1, -0.05) is 24.3 Å². The van der Waals surface area contributed by atoms with Gasteiger partial charge in [-0.25, -0.2) is 9.97 Å². The summed E-state index contributed by atoms with van der Waals surface area (Å²) in [4.78, 5) is 16.1. The Bertz CT molecular complexity index is 1310. The van der Waals surface area contributed by atoms with E-state index in [0.717, 1.165) is 66.0 Å². The van der Waals surface area contributed by atoms with E-state index >= 15 is 0 Å². The van der Waals surface area contributed by atoms with Crippen molar-refractivity contribution in [3.8, 4) is 11.1 Å². The van der Waals surface area contributed by atoms with Crippen molar-refractivity contribution in [2.75, 3.05) is 63.3 Å². The smallest absolute Gasteiger partial charge is 0.138 e. The predicted molar refractivity (Wildman–Crippen MR) is 142 cm³/mol. The molecule has 0 radical (unpaired) electrons. The first kappa shape index (κ1) is 23.1. The van der Waals surface area contributed by atoms with Crippen molar-refractivity contribution in [3.63, 3.8) is 0 Å². The molecule has 8 heteroatoms. The number of aryl methyl sites for hydroxylation is 1.